The first-order valence-electron chi connectivity index (χ1n) is 7.07. The van der Waals surface area contributed by atoms with E-state index in [2.05, 4.69) is 0 Å². The first-order chi connectivity index (χ1) is 10.6. The van der Waals surface area contributed by atoms with Gasteiger partial charge in [-0.1, -0.05) is 30.3 Å². The number of benzene rings is 1. The molecule has 0 saturated carbocycles. The number of carbonyl (C=O) groups excluding carboxylic acids is 2. The number of nitrogens with zero attached hydrogens (tertiary/aromatic N) is 1. The van der Waals surface area contributed by atoms with Gasteiger partial charge in [-0.3, -0.25) is 4.90 Å². The van der Waals surface area contributed by atoms with E-state index in [9.17, 15) is 9.59 Å². The van der Waals surface area contributed by atoms with Crippen molar-refractivity contribution in [1.82, 2.24) is 4.90 Å². The molecule has 1 heterocycles. The molecule has 116 valence electrons. The zero-order valence-electron chi connectivity index (χ0n) is 12.9. The molecule has 1 unspecified atom stereocenters. The van der Waals surface area contributed by atoms with E-state index in [1.165, 1.54) is 18.2 Å². The summed E-state index contributed by atoms with van der Waals surface area (Å²) in [5.74, 6) is -0.716. The van der Waals surface area contributed by atoms with Gasteiger partial charge < -0.3 is 9.47 Å². The van der Waals surface area contributed by atoms with Gasteiger partial charge in [0.25, 0.3) is 0 Å². The molecule has 0 saturated heterocycles. The molecule has 1 aromatic rings. The SMILES string of the molecule is CCOC(=O)N1C=CC(c2ccccc2C)C(C(=O)OC)=C1. The van der Waals surface area contributed by atoms with Crippen molar-refractivity contribution < 1.29 is 19.1 Å². The number of hydrogen-bond acceptors (Lipinski definition) is 4. The van der Waals surface area contributed by atoms with Gasteiger partial charge in [0, 0.05) is 18.3 Å². The van der Waals surface area contributed by atoms with Crippen LogP contribution in [0.25, 0.3) is 0 Å². The van der Waals surface area contributed by atoms with E-state index in [-0.39, 0.29) is 12.5 Å². The van der Waals surface area contributed by atoms with Gasteiger partial charge in [0.2, 0.25) is 0 Å². The lowest BCUT2D eigenvalue weighted by molar-refractivity contribution is -0.136. The predicted octanol–water partition coefficient (Wildman–Crippen LogP) is 3.12. The maximum Gasteiger partial charge on any atom is 0.417 e. The highest BCUT2D eigenvalue weighted by Crippen LogP contribution is 2.32. The van der Waals surface area contributed by atoms with Crippen molar-refractivity contribution in [3.05, 3.63) is 59.4 Å². The van der Waals surface area contributed by atoms with Crippen LogP contribution in [0.3, 0.4) is 0 Å². The highest BCUT2D eigenvalue weighted by molar-refractivity contribution is 5.92. The zero-order valence-corrected chi connectivity index (χ0v) is 12.9. The second kappa shape index (κ2) is 6.93. The summed E-state index contributed by atoms with van der Waals surface area (Å²) >= 11 is 0. The monoisotopic (exact) mass is 301 g/mol. The molecule has 1 atom stereocenters. The summed E-state index contributed by atoms with van der Waals surface area (Å²) in [4.78, 5) is 25.2. The standard InChI is InChI=1S/C17H19NO4/c1-4-22-17(20)18-10-9-14(15(11-18)16(19)21-3)13-8-6-5-7-12(13)2/h5-11,14H,4H2,1-3H3. The molecule has 0 aromatic heterocycles. The maximum atomic E-state index is 12.1. The third-order valence-electron chi connectivity index (χ3n) is 3.48. The summed E-state index contributed by atoms with van der Waals surface area (Å²) < 4.78 is 9.80. The molecule has 5 nitrogen and oxygen atoms in total. The van der Waals surface area contributed by atoms with Gasteiger partial charge in [-0.15, -0.1) is 0 Å². The summed E-state index contributed by atoms with van der Waals surface area (Å²) in [5, 5.41) is 0. The average molecular weight is 301 g/mol. The number of rotatable bonds is 3. The molecule has 22 heavy (non-hydrogen) atoms. The predicted molar refractivity (Wildman–Crippen MR) is 82.0 cm³/mol. The van der Waals surface area contributed by atoms with Crippen LogP contribution in [0.4, 0.5) is 4.79 Å². The van der Waals surface area contributed by atoms with Crippen LogP contribution < -0.4 is 0 Å². The molecule has 0 spiro atoms. The summed E-state index contributed by atoms with van der Waals surface area (Å²) in [6, 6.07) is 7.80. The lowest BCUT2D eigenvalue weighted by atomic mass is 9.87. The third kappa shape index (κ3) is 3.19. The maximum absolute atomic E-state index is 12.1. The lowest BCUT2D eigenvalue weighted by Crippen LogP contribution is -2.27. The summed E-state index contributed by atoms with van der Waals surface area (Å²) in [6.45, 7) is 3.98. The Hall–Kier alpha value is -2.56. The molecule has 0 N–H and O–H groups in total. The number of methoxy groups -OCH3 is 1. The molecule has 1 aliphatic heterocycles. The Bertz CT molecular complexity index is 633. The molecule has 5 heteroatoms. The number of aryl methyl sites for hydroxylation is 1. The van der Waals surface area contributed by atoms with E-state index in [4.69, 9.17) is 9.47 Å². The van der Waals surface area contributed by atoms with Crippen molar-refractivity contribution in [2.45, 2.75) is 19.8 Å². The van der Waals surface area contributed by atoms with Gasteiger partial charge in [0.05, 0.1) is 19.3 Å². The van der Waals surface area contributed by atoms with Crippen molar-refractivity contribution >= 4 is 12.1 Å². The highest BCUT2D eigenvalue weighted by Gasteiger charge is 2.28. The van der Waals surface area contributed by atoms with Crippen LogP contribution in [-0.4, -0.2) is 30.7 Å². The Morgan fingerprint density at radius 3 is 2.64 bits per heavy atom. The number of ether oxygens (including phenoxy) is 2. The van der Waals surface area contributed by atoms with Crippen LogP contribution in [-0.2, 0) is 14.3 Å². The van der Waals surface area contributed by atoms with Crippen molar-refractivity contribution in [2.24, 2.45) is 0 Å². The number of amides is 1. The van der Waals surface area contributed by atoms with E-state index in [1.807, 2.05) is 31.2 Å². The fourth-order valence-corrected chi connectivity index (χ4v) is 2.37. The molecular weight excluding hydrogens is 282 g/mol. The number of esters is 1. The van der Waals surface area contributed by atoms with E-state index in [0.29, 0.717) is 5.57 Å². The summed E-state index contributed by atoms with van der Waals surface area (Å²) in [6.07, 6.45) is 4.36. The van der Waals surface area contributed by atoms with Crippen LogP contribution in [0, 0.1) is 6.92 Å². The third-order valence-corrected chi connectivity index (χ3v) is 3.48. The normalized spacial score (nSPS) is 17.0. The lowest BCUT2D eigenvalue weighted by Gasteiger charge is -2.25. The quantitative estimate of drug-likeness (QED) is 0.805. The van der Waals surface area contributed by atoms with Crippen molar-refractivity contribution in [3.63, 3.8) is 0 Å². The van der Waals surface area contributed by atoms with Crippen molar-refractivity contribution in [3.8, 4) is 0 Å². The number of hydrogen-bond donors (Lipinski definition) is 0. The molecule has 0 aliphatic carbocycles. The van der Waals surface area contributed by atoms with E-state index in [0.717, 1.165) is 11.1 Å². The van der Waals surface area contributed by atoms with Crippen LogP contribution in [0.1, 0.15) is 24.0 Å². The van der Waals surface area contributed by atoms with Gasteiger partial charge in [0.15, 0.2) is 0 Å². The highest BCUT2D eigenvalue weighted by atomic mass is 16.6. The van der Waals surface area contributed by atoms with Crippen molar-refractivity contribution in [1.29, 1.82) is 0 Å². The van der Waals surface area contributed by atoms with E-state index >= 15 is 0 Å². The topological polar surface area (TPSA) is 55.8 Å². The first kappa shape index (κ1) is 15.8. The van der Waals surface area contributed by atoms with Crippen molar-refractivity contribution in [2.75, 3.05) is 13.7 Å². The van der Waals surface area contributed by atoms with Gasteiger partial charge >= 0.3 is 12.1 Å². The minimum absolute atomic E-state index is 0.251. The number of allylic oxidation sites excluding steroid dienone is 1. The molecule has 1 amide bonds. The molecule has 2 rings (SSSR count). The molecule has 1 aliphatic rings. The van der Waals surface area contributed by atoms with E-state index < -0.39 is 12.1 Å². The fourth-order valence-electron chi connectivity index (χ4n) is 2.37. The van der Waals surface area contributed by atoms with Crippen LogP contribution in [0.2, 0.25) is 0 Å². The fraction of sp³-hybridized carbons (Fsp3) is 0.294. The Morgan fingerprint density at radius 2 is 2.00 bits per heavy atom. The molecule has 0 fully saturated rings. The Labute approximate surface area is 129 Å². The first-order valence-corrected chi connectivity index (χ1v) is 7.07. The van der Waals surface area contributed by atoms with Crippen LogP contribution in [0.5, 0.6) is 0 Å². The molecule has 0 bridgehead atoms. The summed E-state index contributed by atoms with van der Waals surface area (Å²) in [7, 11) is 1.32. The van der Waals surface area contributed by atoms with Gasteiger partial charge in [-0.25, -0.2) is 9.59 Å². The second-order valence-electron chi connectivity index (χ2n) is 4.86. The zero-order chi connectivity index (χ0) is 16.1. The Morgan fingerprint density at radius 1 is 1.27 bits per heavy atom. The molecule has 0 radical (unpaired) electrons. The second-order valence-corrected chi connectivity index (χ2v) is 4.86. The Kier molecular flexibility index (Phi) is 4.99. The summed E-state index contributed by atoms with van der Waals surface area (Å²) in [5.41, 5.74) is 2.46. The number of carbonyl (C=O) groups is 2. The van der Waals surface area contributed by atoms with E-state index in [1.54, 1.807) is 19.2 Å². The molecular formula is C17H19NO4. The smallest absolute Gasteiger partial charge is 0.417 e. The van der Waals surface area contributed by atoms with Gasteiger partial charge in [-0.2, -0.15) is 0 Å². The van der Waals surface area contributed by atoms with Crippen LogP contribution in [0.15, 0.2) is 48.3 Å². The minimum atomic E-state index is -0.525. The van der Waals surface area contributed by atoms with Gasteiger partial charge in [0.1, 0.15) is 0 Å². The van der Waals surface area contributed by atoms with Gasteiger partial charge in [-0.05, 0) is 25.0 Å². The molecule has 1 aromatic carbocycles. The largest absolute Gasteiger partial charge is 0.466 e. The minimum Gasteiger partial charge on any atom is -0.466 e. The Balaban J connectivity index is 2.38. The average Bonchev–Trinajstić information content (AvgIpc) is 2.54. The van der Waals surface area contributed by atoms with Crippen LogP contribution >= 0.6 is 0 Å².